The average molecular weight is 245 g/mol. The fourth-order valence-corrected chi connectivity index (χ4v) is 1.76. The predicted octanol–water partition coefficient (Wildman–Crippen LogP) is 0.949. The van der Waals surface area contributed by atoms with Crippen LogP contribution in [-0.4, -0.2) is 47.5 Å². The minimum Gasteiger partial charge on any atom is -0.388 e. The average Bonchev–Trinajstić information content (AvgIpc) is 2.30. The van der Waals surface area contributed by atoms with Gasteiger partial charge in [-0.2, -0.15) is 0 Å². The molecule has 0 amide bonds. The molecule has 1 saturated heterocycles. The van der Waals surface area contributed by atoms with Crippen LogP contribution in [0.1, 0.15) is 26.7 Å². The molecule has 0 radical (unpaired) electrons. The van der Waals surface area contributed by atoms with Crippen molar-refractivity contribution in [1.82, 2.24) is 0 Å². The first-order valence-corrected chi connectivity index (χ1v) is 5.79. The maximum atomic E-state index is 9.91. The highest BCUT2D eigenvalue weighted by Gasteiger charge is 2.43. The van der Waals surface area contributed by atoms with Crippen molar-refractivity contribution in [1.29, 1.82) is 0 Å². The topological polar surface area (TPSA) is 108 Å². The number of aliphatic hydroxyl groups excluding tert-OH is 2. The van der Waals surface area contributed by atoms with Crippen LogP contribution in [-0.2, 0) is 9.47 Å². The fraction of sp³-hybridized carbons (Fsp3) is 1.00. The van der Waals surface area contributed by atoms with E-state index in [1.807, 2.05) is 6.92 Å². The van der Waals surface area contributed by atoms with Crippen molar-refractivity contribution in [3.05, 3.63) is 10.4 Å². The second kappa shape index (κ2) is 6.78. The third kappa shape index (κ3) is 3.55. The third-order valence-electron chi connectivity index (χ3n) is 2.79. The molecule has 1 fully saturated rings. The third-order valence-corrected chi connectivity index (χ3v) is 2.79. The summed E-state index contributed by atoms with van der Waals surface area (Å²) < 4.78 is 10.5. The van der Waals surface area contributed by atoms with E-state index >= 15 is 0 Å². The normalized spacial score (nSPS) is 37.5. The summed E-state index contributed by atoms with van der Waals surface area (Å²) in [4.78, 5) is 2.64. The predicted molar refractivity (Wildman–Crippen MR) is 60.1 cm³/mol. The van der Waals surface area contributed by atoms with Gasteiger partial charge in [-0.05, 0) is 18.9 Å². The van der Waals surface area contributed by atoms with Crippen molar-refractivity contribution in [2.75, 3.05) is 6.61 Å². The molecular weight excluding hydrogens is 226 g/mol. The van der Waals surface area contributed by atoms with Gasteiger partial charge in [0, 0.05) is 11.5 Å². The highest BCUT2D eigenvalue weighted by atomic mass is 16.6. The van der Waals surface area contributed by atoms with Crippen LogP contribution in [0.4, 0.5) is 0 Å². The highest BCUT2D eigenvalue weighted by molar-refractivity contribution is 4.92. The van der Waals surface area contributed by atoms with Gasteiger partial charge >= 0.3 is 0 Å². The van der Waals surface area contributed by atoms with Crippen LogP contribution in [0, 0.1) is 0 Å². The summed E-state index contributed by atoms with van der Waals surface area (Å²) in [6.45, 7) is 4.11. The Labute approximate surface area is 100.0 Å². The lowest BCUT2D eigenvalue weighted by Crippen LogP contribution is -2.56. The zero-order valence-corrected chi connectivity index (χ0v) is 10.1. The number of nitrogens with zero attached hydrogens (tertiary/aromatic N) is 3. The number of azide groups is 1. The van der Waals surface area contributed by atoms with Gasteiger partial charge in [-0.1, -0.05) is 18.5 Å². The second-order valence-electron chi connectivity index (χ2n) is 4.11. The maximum absolute atomic E-state index is 9.91. The molecule has 17 heavy (non-hydrogen) atoms. The van der Waals surface area contributed by atoms with Crippen molar-refractivity contribution < 1.29 is 19.7 Å². The van der Waals surface area contributed by atoms with Gasteiger partial charge in [-0.15, -0.1) is 0 Å². The van der Waals surface area contributed by atoms with Crippen molar-refractivity contribution in [3.8, 4) is 0 Å². The Bertz CT molecular complexity index is 283. The number of ether oxygens (including phenoxy) is 2. The van der Waals surface area contributed by atoms with Gasteiger partial charge in [-0.25, -0.2) is 0 Å². The molecule has 0 spiro atoms. The number of hydrogen-bond donors (Lipinski definition) is 2. The van der Waals surface area contributed by atoms with E-state index in [0.717, 1.165) is 12.8 Å². The van der Waals surface area contributed by atoms with Gasteiger partial charge < -0.3 is 19.7 Å². The number of hydrogen-bond acceptors (Lipinski definition) is 5. The van der Waals surface area contributed by atoms with E-state index in [1.54, 1.807) is 6.92 Å². The Morgan fingerprint density at radius 1 is 1.47 bits per heavy atom. The Balaban J connectivity index is 2.71. The largest absolute Gasteiger partial charge is 0.388 e. The molecule has 5 atom stereocenters. The summed E-state index contributed by atoms with van der Waals surface area (Å²) in [6, 6.07) is -0.914. The Morgan fingerprint density at radius 3 is 2.76 bits per heavy atom. The molecule has 7 nitrogen and oxygen atoms in total. The Morgan fingerprint density at radius 2 is 2.18 bits per heavy atom. The van der Waals surface area contributed by atoms with Gasteiger partial charge in [0.05, 0.1) is 12.2 Å². The quantitative estimate of drug-likeness (QED) is 0.325. The van der Waals surface area contributed by atoms with Crippen LogP contribution < -0.4 is 0 Å². The standard InChI is InChI=1S/C10H19N3O4/c1-3-4-5-16-9-7(12-13-11)10(15)17-6(2)8(9)14/h6-10,14-15H,3-5H2,1-2H3/t6?,7-,8-,9?,10+/m0/s1. The highest BCUT2D eigenvalue weighted by Crippen LogP contribution is 2.24. The van der Waals surface area contributed by atoms with E-state index in [9.17, 15) is 10.2 Å². The molecule has 0 aliphatic carbocycles. The number of unbranched alkanes of at least 4 members (excludes halogenated alkanes) is 1. The molecule has 7 heteroatoms. The van der Waals surface area contributed by atoms with E-state index in [1.165, 1.54) is 0 Å². The Kier molecular flexibility index (Phi) is 5.67. The molecule has 0 saturated carbocycles. The van der Waals surface area contributed by atoms with Gasteiger partial charge in [0.15, 0.2) is 6.29 Å². The van der Waals surface area contributed by atoms with Crippen LogP contribution in [0.15, 0.2) is 5.11 Å². The van der Waals surface area contributed by atoms with Crippen LogP contribution in [0.3, 0.4) is 0 Å². The lowest BCUT2D eigenvalue weighted by atomic mass is 9.98. The molecule has 1 heterocycles. The Hall–Kier alpha value is -0.850. The van der Waals surface area contributed by atoms with Crippen LogP contribution in [0.5, 0.6) is 0 Å². The number of aliphatic hydroxyl groups is 2. The van der Waals surface area contributed by atoms with E-state index in [4.69, 9.17) is 15.0 Å². The molecule has 2 unspecified atom stereocenters. The zero-order chi connectivity index (χ0) is 12.8. The minimum atomic E-state index is -1.24. The van der Waals surface area contributed by atoms with Crippen LogP contribution in [0.2, 0.25) is 0 Å². The van der Waals surface area contributed by atoms with Crippen molar-refractivity contribution in [3.63, 3.8) is 0 Å². The van der Waals surface area contributed by atoms with Crippen LogP contribution >= 0.6 is 0 Å². The van der Waals surface area contributed by atoms with E-state index in [-0.39, 0.29) is 0 Å². The lowest BCUT2D eigenvalue weighted by Gasteiger charge is -2.39. The summed E-state index contributed by atoms with van der Waals surface area (Å²) in [5.41, 5.74) is 8.43. The molecule has 1 rings (SSSR count). The lowest BCUT2D eigenvalue weighted by molar-refractivity contribution is -0.245. The summed E-state index contributed by atoms with van der Waals surface area (Å²) in [5.74, 6) is 0. The van der Waals surface area contributed by atoms with Crippen molar-refractivity contribution in [2.24, 2.45) is 5.11 Å². The molecule has 0 aromatic carbocycles. The molecule has 1 aliphatic heterocycles. The zero-order valence-electron chi connectivity index (χ0n) is 10.1. The minimum absolute atomic E-state index is 0.453. The SMILES string of the molecule is CCCCOC1[C@@H](O)C(C)O[C@@H](O)[C@H]1N=[N+]=[N-]. The summed E-state index contributed by atoms with van der Waals surface area (Å²) in [7, 11) is 0. The first-order chi connectivity index (χ1) is 8.11. The fourth-order valence-electron chi connectivity index (χ4n) is 1.76. The first-order valence-electron chi connectivity index (χ1n) is 5.79. The first kappa shape index (κ1) is 14.2. The summed E-state index contributed by atoms with van der Waals surface area (Å²) >= 11 is 0. The summed E-state index contributed by atoms with van der Waals surface area (Å²) in [6.07, 6.45) is -1.62. The van der Waals surface area contributed by atoms with Gasteiger partial charge in [0.25, 0.3) is 0 Å². The molecule has 98 valence electrons. The van der Waals surface area contributed by atoms with Crippen molar-refractivity contribution in [2.45, 2.75) is 57.3 Å². The molecule has 0 bridgehead atoms. The summed E-state index contributed by atoms with van der Waals surface area (Å²) in [5, 5.41) is 23.0. The van der Waals surface area contributed by atoms with Gasteiger partial charge in [0.2, 0.25) is 0 Å². The second-order valence-corrected chi connectivity index (χ2v) is 4.11. The van der Waals surface area contributed by atoms with Gasteiger partial charge in [0.1, 0.15) is 12.1 Å². The van der Waals surface area contributed by atoms with E-state index in [2.05, 4.69) is 10.0 Å². The van der Waals surface area contributed by atoms with E-state index < -0.39 is 30.6 Å². The molecule has 2 N–H and O–H groups in total. The molecule has 0 aromatic heterocycles. The molecular formula is C10H19N3O4. The smallest absolute Gasteiger partial charge is 0.166 e. The molecule has 1 aliphatic rings. The monoisotopic (exact) mass is 245 g/mol. The van der Waals surface area contributed by atoms with Gasteiger partial charge in [-0.3, -0.25) is 0 Å². The van der Waals surface area contributed by atoms with E-state index in [0.29, 0.717) is 6.61 Å². The molecule has 0 aromatic rings. The van der Waals surface area contributed by atoms with Crippen molar-refractivity contribution >= 4 is 0 Å². The van der Waals surface area contributed by atoms with Crippen LogP contribution in [0.25, 0.3) is 10.4 Å². The maximum Gasteiger partial charge on any atom is 0.166 e. The number of rotatable bonds is 5.